The molecule has 1 saturated carbocycles. The van der Waals surface area contributed by atoms with E-state index in [0.717, 1.165) is 31.5 Å². The standard InChI is InChI=1S/C18H25NOS/c1-3-19(4-2)18(11-5-6-12-18)17(20)15-9-7-8-14-10-13-21-16(14)15/h7-10,13,17,20H,3-6,11-12H2,1-2H3. The molecule has 1 aromatic heterocycles. The Bertz CT molecular complexity index is 596. The molecule has 1 N–H and O–H groups in total. The fourth-order valence-electron chi connectivity index (χ4n) is 4.12. The lowest BCUT2D eigenvalue weighted by Crippen LogP contribution is -2.51. The predicted octanol–water partition coefficient (Wildman–Crippen LogP) is 4.59. The monoisotopic (exact) mass is 303 g/mol. The van der Waals surface area contributed by atoms with Gasteiger partial charge in [-0.3, -0.25) is 4.90 Å². The zero-order valence-corrected chi connectivity index (χ0v) is 13.8. The summed E-state index contributed by atoms with van der Waals surface area (Å²) < 4.78 is 1.25. The minimum Gasteiger partial charge on any atom is -0.386 e. The Hall–Kier alpha value is -0.900. The molecule has 21 heavy (non-hydrogen) atoms. The van der Waals surface area contributed by atoms with Crippen LogP contribution in [0.4, 0.5) is 0 Å². The molecule has 1 unspecified atom stereocenters. The molecule has 0 spiro atoms. The van der Waals surface area contributed by atoms with Crippen molar-refractivity contribution < 1.29 is 5.11 Å². The molecule has 0 saturated heterocycles. The number of aliphatic hydroxyl groups is 1. The fraction of sp³-hybridized carbons (Fsp3) is 0.556. The molecule has 1 aromatic carbocycles. The van der Waals surface area contributed by atoms with Crippen LogP contribution in [0.5, 0.6) is 0 Å². The predicted molar refractivity (Wildman–Crippen MR) is 90.9 cm³/mol. The molecule has 1 aliphatic carbocycles. The molecule has 2 nitrogen and oxygen atoms in total. The molecule has 114 valence electrons. The van der Waals surface area contributed by atoms with Gasteiger partial charge in [0.2, 0.25) is 0 Å². The van der Waals surface area contributed by atoms with Crippen molar-refractivity contribution in [3.63, 3.8) is 0 Å². The summed E-state index contributed by atoms with van der Waals surface area (Å²) in [7, 11) is 0. The lowest BCUT2D eigenvalue weighted by molar-refractivity contribution is -0.0260. The number of nitrogens with zero attached hydrogens (tertiary/aromatic N) is 1. The zero-order valence-electron chi connectivity index (χ0n) is 13.0. The molecule has 1 atom stereocenters. The third kappa shape index (κ3) is 2.41. The normalized spacial score (nSPS) is 19.4. The van der Waals surface area contributed by atoms with E-state index in [4.69, 9.17) is 0 Å². The van der Waals surface area contributed by atoms with Gasteiger partial charge >= 0.3 is 0 Å². The van der Waals surface area contributed by atoms with E-state index in [1.54, 1.807) is 11.3 Å². The number of hydrogen-bond donors (Lipinski definition) is 1. The number of aliphatic hydroxyl groups excluding tert-OH is 1. The molecule has 0 aliphatic heterocycles. The number of hydrogen-bond acceptors (Lipinski definition) is 3. The summed E-state index contributed by atoms with van der Waals surface area (Å²) in [5, 5.41) is 14.7. The summed E-state index contributed by atoms with van der Waals surface area (Å²) in [5.74, 6) is 0. The van der Waals surface area contributed by atoms with Crippen LogP contribution >= 0.6 is 11.3 Å². The number of rotatable bonds is 5. The summed E-state index contributed by atoms with van der Waals surface area (Å²) in [6.45, 7) is 6.44. The summed E-state index contributed by atoms with van der Waals surface area (Å²) in [6.07, 6.45) is 4.29. The van der Waals surface area contributed by atoms with E-state index in [0.29, 0.717) is 0 Å². The highest BCUT2D eigenvalue weighted by Crippen LogP contribution is 2.46. The van der Waals surface area contributed by atoms with Gasteiger partial charge in [0.25, 0.3) is 0 Å². The molecule has 0 bridgehead atoms. The van der Waals surface area contributed by atoms with E-state index in [2.05, 4.69) is 48.4 Å². The van der Waals surface area contributed by atoms with Gasteiger partial charge in [-0.25, -0.2) is 0 Å². The average Bonchev–Trinajstić information content (AvgIpc) is 3.17. The highest BCUT2D eigenvalue weighted by Gasteiger charge is 2.45. The summed E-state index contributed by atoms with van der Waals surface area (Å²) in [6, 6.07) is 8.49. The highest BCUT2D eigenvalue weighted by molar-refractivity contribution is 7.17. The minimum atomic E-state index is -0.387. The Labute approximate surface area is 131 Å². The zero-order chi connectivity index (χ0) is 14.9. The maximum absolute atomic E-state index is 11.3. The summed E-state index contributed by atoms with van der Waals surface area (Å²) >= 11 is 1.75. The van der Waals surface area contributed by atoms with Crippen LogP contribution in [-0.4, -0.2) is 28.6 Å². The third-order valence-electron chi connectivity index (χ3n) is 5.18. The quantitative estimate of drug-likeness (QED) is 0.873. The Morgan fingerprint density at radius 3 is 2.57 bits per heavy atom. The Morgan fingerprint density at radius 1 is 1.19 bits per heavy atom. The molecule has 3 rings (SSSR count). The van der Waals surface area contributed by atoms with Gasteiger partial charge < -0.3 is 5.11 Å². The van der Waals surface area contributed by atoms with Gasteiger partial charge in [0.15, 0.2) is 0 Å². The van der Waals surface area contributed by atoms with E-state index in [-0.39, 0.29) is 11.6 Å². The van der Waals surface area contributed by atoms with Gasteiger partial charge in [-0.05, 0) is 42.8 Å². The lowest BCUT2D eigenvalue weighted by atomic mass is 9.83. The third-order valence-corrected chi connectivity index (χ3v) is 6.15. The lowest BCUT2D eigenvalue weighted by Gasteiger charge is -2.44. The molecule has 1 fully saturated rings. The maximum atomic E-state index is 11.3. The molecule has 1 aliphatic rings. The first-order valence-corrected chi connectivity index (χ1v) is 9.00. The largest absolute Gasteiger partial charge is 0.386 e. The fourth-order valence-corrected chi connectivity index (χ4v) is 5.06. The van der Waals surface area contributed by atoms with Crippen molar-refractivity contribution in [2.75, 3.05) is 13.1 Å². The molecule has 0 amide bonds. The second-order valence-electron chi connectivity index (χ2n) is 6.07. The van der Waals surface area contributed by atoms with Crippen LogP contribution in [0.15, 0.2) is 29.6 Å². The van der Waals surface area contributed by atoms with Crippen LogP contribution in [0.25, 0.3) is 10.1 Å². The van der Waals surface area contributed by atoms with Crippen LogP contribution in [0.2, 0.25) is 0 Å². The van der Waals surface area contributed by atoms with Crippen LogP contribution in [-0.2, 0) is 0 Å². The van der Waals surface area contributed by atoms with Gasteiger partial charge in [0.1, 0.15) is 0 Å². The van der Waals surface area contributed by atoms with Crippen molar-refractivity contribution in [2.24, 2.45) is 0 Å². The Kier molecular flexibility index (Phi) is 4.34. The van der Waals surface area contributed by atoms with Gasteiger partial charge in [0.05, 0.1) is 11.6 Å². The van der Waals surface area contributed by atoms with Gasteiger partial charge in [-0.15, -0.1) is 11.3 Å². The Balaban J connectivity index is 2.05. The van der Waals surface area contributed by atoms with E-state index in [1.165, 1.54) is 22.9 Å². The molecule has 2 aromatic rings. The van der Waals surface area contributed by atoms with Crippen molar-refractivity contribution in [3.8, 4) is 0 Å². The first kappa shape index (κ1) is 15.0. The second kappa shape index (κ2) is 6.07. The van der Waals surface area contributed by atoms with Crippen LogP contribution in [0.3, 0.4) is 0 Å². The number of fused-ring (bicyclic) bond motifs is 1. The smallest absolute Gasteiger partial charge is 0.0987 e. The van der Waals surface area contributed by atoms with E-state index in [9.17, 15) is 5.11 Å². The minimum absolute atomic E-state index is 0.0677. The maximum Gasteiger partial charge on any atom is 0.0987 e. The molecular formula is C18H25NOS. The molecule has 0 radical (unpaired) electrons. The van der Waals surface area contributed by atoms with Crippen molar-refractivity contribution in [2.45, 2.75) is 51.2 Å². The molecule has 3 heteroatoms. The topological polar surface area (TPSA) is 23.5 Å². The average molecular weight is 303 g/mol. The van der Waals surface area contributed by atoms with E-state index < -0.39 is 0 Å². The summed E-state index contributed by atoms with van der Waals surface area (Å²) in [5.41, 5.74) is 1.05. The Morgan fingerprint density at radius 2 is 1.90 bits per heavy atom. The molecule has 1 heterocycles. The number of thiophene rings is 1. The highest BCUT2D eigenvalue weighted by atomic mass is 32.1. The van der Waals surface area contributed by atoms with Crippen LogP contribution < -0.4 is 0 Å². The SMILES string of the molecule is CCN(CC)C1(C(O)c2cccc3ccsc23)CCCC1. The molecular weight excluding hydrogens is 278 g/mol. The first-order chi connectivity index (χ1) is 10.2. The van der Waals surface area contributed by atoms with E-state index in [1.807, 2.05) is 0 Å². The van der Waals surface area contributed by atoms with Gasteiger partial charge in [-0.1, -0.05) is 44.9 Å². The van der Waals surface area contributed by atoms with Crippen molar-refractivity contribution >= 4 is 21.4 Å². The number of benzene rings is 1. The number of likely N-dealkylation sites (N-methyl/N-ethyl adjacent to an activating group) is 1. The van der Waals surface area contributed by atoms with Crippen molar-refractivity contribution in [1.82, 2.24) is 4.90 Å². The van der Waals surface area contributed by atoms with E-state index >= 15 is 0 Å². The van der Waals surface area contributed by atoms with Crippen molar-refractivity contribution in [3.05, 3.63) is 35.2 Å². The second-order valence-corrected chi connectivity index (χ2v) is 6.99. The van der Waals surface area contributed by atoms with Crippen LogP contribution in [0.1, 0.15) is 51.2 Å². The van der Waals surface area contributed by atoms with Gasteiger partial charge in [0, 0.05) is 10.3 Å². The first-order valence-electron chi connectivity index (χ1n) is 8.12. The van der Waals surface area contributed by atoms with Gasteiger partial charge in [-0.2, -0.15) is 0 Å². The van der Waals surface area contributed by atoms with Crippen molar-refractivity contribution in [1.29, 1.82) is 0 Å². The van der Waals surface area contributed by atoms with Crippen LogP contribution in [0, 0.1) is 0 Å². The summed E-state index contributed by atoms with van der Waals surface area (Å²) in [4.78, 5) is 2.48.